The van der Waals surface area contributed by atoms with Crippen molar-refractivity contribution < 1.29 is 14.3 Å². The molecule has 0 unspecified atom stereocenters. The smallest absolute Gasteiger partial charge is 0.317 e. The summed E-state index contributed by atoms with van der Waals surface area (Å²) in [5, 5.41) is 3.10. The van der Waals surface area contributed by atoms with Crippen molar-refractivity contribution in [2.24, 2.45) is 0 Å². The van der Waals surface area contributed by atoms with Crippen molar-refractivity contribution in [2.75, 3.05) is 33.4 Å². The number of hydrogen-bond acceptors (Lipinski definition) is 3. The number of nitrogens with one attached hydrogen (secondary N) is 1. The fourth-order valence-electron chi connectivity index (χ4n) is 2.94. The van der Waals surface area contributed by atoms with E-state index in [1.54, 1.807) is 7.11 Å². The molecule has 1 N–H and O–H groups in total. The van der Waals surface area contributed by atoms with Crippen molar-refractivity contribution in [2.45, 2.75) is 39.3 Å². The summed E-state index contributed by atoms with van der Waals surface area (Å²) < 4.78 is 10.7. The minimum Gasteiger partial charge on any atom is -0.382 e. The summed E-state index contributed by atoms with van der Waals surface area (Å²) in [7, 11) is 1.66. The van der Waals surface area contributed by atoms with Crippen LogP contribution in [0.3, 0.4) is 0 Å². The van der Waals surface area contributed by atoms with Gasteiger partial charge in [0.1, 0.15) is 0 Å². The third-order valence-electron chi connectivity index (χ3n) is 4.53. The highest BCUT2D eigenvalue weighted by Crippen LogP contribution is 2.21. The lowest BCUT2D eigenvalue weighted by Gasteiger charge is -2.22. The number of amides is 2. The zero-order valence-electron chi connectivity index (χ0n) is 14.6. The maximum absolute atomic E-state index is 12.4. The quantitative estimate of drug-likeness (QED) is 0.820. The first kappa shape index (κ1) is 17.8. The number of ether oxygens (including phenoxy) is 2. The molecule has 1 saturated heterocycles. The zero-order valence-corrected chi connectivity index (χ0v) is 14.6. The summed E-state index contributed by atoms with van der Waals surface area (Å²) in [5.41, 5.74) is 3.66. The van der Waals surface area contributed by atoms with Gasteiger partial charge in [-0.15, -0.1) is 0 Å². The summed E-state index contributed by atoms with van der Waals surface area (Å²) in [4.78, 5) is 14.3. The highest BCUT2D eigenvalue weighted by molar-refractivity contribution is 5.75. The van der Waals surface area contributed by atoms with Crippen LogP contribution in [0.2, 0.25) is 0 Å². The van der Waals surface area contributed by atoms with Gasteiger partial charge >= 0.3 is 6.03 Å². The molecule has 1 fully saturated rings. The minimum atomic E-state index is -0.0174. The Morgan fingerprint density at radius 2 is 2.17 bits per heavy atom. The van der Waals surface area contributed by atoms with E-state index in [-0.39, 0.29) is 18.2 Å². The highest BCUT2D eigenvalue weighted by atomic mass is 16.5. The van der Waals surface area contributed by atoms with E-state index in [4.69, 9.17) is 9.47 Å². The second kappa shape index (κ2) is 8.31. The molecule has 1 heterocycles. The molecule has 1 aliphatic heterocycles. The van der Waals surface area contributed by atoms with E-state index in [1.165, 1.54) is 16.7 Å². The number of carbonyl (C=O) groups excluding carboxylic acids is 1. The molecule has 0 bridgehead atoms. The number of aryl methyl sites for hydroxylation is 1. The molecule has 5 nitrogen and oxygen atoms in total. The van der Waals surface area contributed by atoms with Crippen molar-refractivity contribution in [3.63, 3.8) is 0 Å². The van der Waals surface area contributed by atoms with Crippen molar-refractivity contribution in [3.05, 3.63) is 34.9 Å². The lowest BCUT2D eigenvalue weighted by molar-refractivity contribution is 0.0236. The van der Waals surface area contributed by atoms with Crippen molar-refractivity contribution in [1.29, 1.82) is 0 Å². The first-order chi connectivity index (χ1) is 11.0. The first-order valence-corrected chi connectivity index (χ1v) is 8.25. The van der Waals surface area contributed by atoms with Gasteiger partial charge in [0.05, 0.1) is 25.4 Å². The standard InChI is InChI=1S/C18H28N2O3/c1-13-6-5-7-17(14(13)2)15(3)19-18(21)20-9-8-16(12-20)23-11-10-22-4/h5-7,15-16H,8-12H2,1-4H3,(H,19,21)/t15-,16+/m1/s1. The van der Waals surface area contributed by atoms with Gasteiger partial charge < -0.3 is 19.7 Å². The molecule has 5 heteroatoms. The zero-order chi connectivity index (χ0) is 16.8. The van der Waals surface area contributed by atoms with Crippen LogP contribution in [0.4, 0.5) is 4.79 Å². The SMILES string of the molecule is COCCO[C@H]1CCN(C(=O)N[C@H](C)c2cccc(C)c2C)C1. The van der Waals surface area contributed by atoms with Gasteiger partial charge in [-0.05, 0) is 43.9 Å². The average molecular weight is 320 g/mol. The Labute approximate surface area is 139 Å². The number of carbonyl (C=O) groups is 1. The Kier molecular flexibility index (Phi) is 6.42. The fraction of sp³-hybridized carbons (Fsp3) is 0.611. The number of urea groups is 1. The third-order valence-corrected chi connectivity index (χ3v) is 4.53. The summed E-state index contributed by atoms with van der Waals surface area (Å²) >= 11 is 0. The van der Waals surface area contributed by atoms with E-state index in [2.05, 4.69) is 31.3 Å². The monoisotopic (exact) mass is 320 g/mol. The Hall–Kier alpha value is -1.59. The Bertz CT molecular complexity index is 533. The number of methoxy groups -OCH3 is 1. The molecule has 2 rings (SSSR count). The Morgan fingerprint density at radius 3 is 2.91 bits per heavy atom. The maximum atomic E-state index is 12.4. The van der Waals surface area contributed by atoms with Crippen LogP contribution in [0.5, 0.6) is 0 Å². The molecule has 1 aromatic rings. The minimum absolute atomic E-state index is 0.00383. The number of hydrogen-bond donors (Lipinski definition) is 1. The molecule has 0 spiro atoms. The summed E-state index contributed by atoms with van der Waals surface area (Å²) in [6.07, 6.45) is 1.00. The van der Waals surface area contributed by atoms with Gasteiger partial charge in [0.2, 0.25) is 0 Å². The average Bonchev–Trinajstić information content (AvgIpc) is 2.99. The van der Waals surface area contributed by atoms with Crippen molar-refractivity contribution >= 4 is 6.03 Å². The van der Waals surface area contributed by atoms with Gasteiger partial charge in [-0.2, -0.15) is 0 Å². The molecule has 128 valence electrons. The molecule has 0 aromatic heterocycles. The van der Waals surface area contributed by atoms with Gasteiger partial charge in [-0.3, -0.25) is 0 Å². The third kappa shape index (κ3) is 4.69. The summed E-state index contributed by atoms with van der Waals surface area (Å²) in [5.74, 6) is 0. The molecule has 23 heavy (non-hydrogen) atoms. The lowest BCUT2D eigenvalue weighted by atomic mass is 9.98. The fourth-order valence-corrected chi connectivity index (χ4v) is 2.94. The van der Waals surface area contributed by atoms with Crippen LogP contribution in [-0.2, 0) is 9.47 Å². The topological polar surface area (TPSA) is 50.8 Å². The van der Waals surface area contributed by atoms with E-state index in [9.17, 15) is 4.79 Å². The Morgan fingerprint density at radius 1 is 1.39 bits per heavy atom. The predicted molar refractivity (Wildman–Crippen MR) is 90.7 cm³/mol. The van der Waals surface area contributed by atoms with Crippen molar-refractivity contribution in [1.82, 2.24) is 10.2 Å². The number of likely N-dealkylation sites (tertiary alicyclic amines) is 1. The predicted octanol–water partition coefficient (Wildman–Crippen LogP) is 2.81. The van der Waals surface area contributed by atoms with E-state index in [0.717, 1.165) is 13.0 Å². The van der Waals surface area contributed by atoms with Crippen LogP contribution >= 0.6 is 0 Å². The van der Waals surface area contributed by atoms with E-state index in [1.807, 2.05) is 17.9 Å². The molecule has 1 aromatic carbocycles. The summed E-state index contributed by atoms with van der Waals surface area (Å²) in [6.45, 7) is 8.78. The van der Waals surface area contributed by atoms with Crippen LogP contribution in [0, 0.1) is 13.8 Å². The molecular weight excluding hydrogens is 292 g/mol. The van der Waals surface area contributed by atoms with Crippen molar-refractivity contribution in [3.8, 4) is 0 Å². The van der Waals surface area contributed by atoms with Gasteiger partial charge in [0.15, 0.2) is 0 Å². The van der Waals surface area contributed by atoms with Crippen LogP contribution < -0.4 is 5.32 Å². The first-order valence-electron chi connectivity index (χ1n) is 8.25. The number of benzene rings is 1. The second-order valence-corrected chi connectivity index (χ2v) is 6.18. The molecule has 1 aliphatic rings. The lowest BCUT2D eigenvalue weighted by Crippen LogP contribution is -2.40. The van der Waals surface area contributed by atoms with Gasteiger partial charge in [0, 0.05) is 20.2 Å². The molecular formula is C18H28N2O3. The highest BCUT2D eigenvalue weighted by Gasteiger charge is 2.27. The molecule has 2 atom stereocenters. The summed E-state index contributed by atoms with van der Waals surface area (Å²) in [6, 6.07) is 6.19. The number of nitrogens with zero attached hydrogens (tertiary/aromatic N) is 1. The van der Waals surface area contributed by atoms with Crippen LogP contribution in [0.15, 0.2) is 18.2 Å². The maximum Gasteiger partial charge on any atom is 0.317 e. The molecule has 2 amide bonds. The van der Waals surface area contributed by atoms with E-state index < -0.39 is 0 Å². The Balaban J connectivity index is 1.86. The van der Waals surface area contributed by atoms with Gasteiger partial charge in [0.25, 0.3) is 0 Å². The molecule has 0 saturated carbocycles. The largest absolute Gasteiger partial charge is 0.382 e. The van der Waals surface area contributed by atoms with E-state index >= 15 is 0 Å². The van der Waals surface area contributed by atoms with Crippen LogP contribution in [0.25, 0.3) is 0 Å². The molecule has 0 aliphatic carbocycles. The van der Waals surface area contributed by atoms with Crippen LogP contribution in [-0.4, -0.2) is 50.4 Å². The van der Waals surface area contributed by atoms with Gasteiger partial charge in [-0.25, -0.2) is 4.79 Å². The normalized spacial score (nSPS) is 19.0. The second-order valence-electron chi connectivity index (χ2n) is 6.18. The molecule has 0 radical (unpaired) electrons. The van der Waals surface area contributed by atoms with Gasteiger partial charge in [-0.1, -0.05) is 18.2 Å². The number of rotatable bonds is 6. The van der Waals surface area contributed by atoms with E-state index in [0.29, 0.717) is 19.8 Å². The van der Waals surface area contributed by atoms with Crippen LogP contribution in [0.1, 0.15) is 36.1 Å².